The zero-order valence-corrected chi connectivity index (χ0v) is 7.23. The average molecular weight is 192 g/mol. The van der Waals surface area contributed by atoms with E-state index in [9.17, 15) is 4.79 Å². The van der Waals surface area contributed by atoms with E-state index in [1.54, 1.807) is 0 Å². The topological polar surface area (TPSA) is 71.5 Å². The van der Waals surface area contributed by atoms with Crippen LogP contribution in [-0.4, -0.2) is 22.7 Å². The summed E-state index contributed by atoms with van der Waals surface area (Å²) in [5, 5.41) is 8.55. The Bertz CT molecular complexity index is 353. The number of carbonyl (C=O) groups is 1. The van der Waals surface area contributed by atoms with Crippen LogP contribution in [0, 0.1) is 12.3 Å². The van der Waals surface area contributed by atoms with Gasteiger partial charge in [-0.25, -0.2) is 9.78 Å². The molecule has 2 N–H and O–H groups in total. The molecule has 1 aromatic rings. The number of carboxylic acid groups (broad SMARTS) is 1. The van der Waals surface area contributed by atoms with Gasteiger partial charge in [0.1, 0.15) is 12.3 Å². The number of carboxylic acids is 1. The molecule has 5 heteroatoms. The molecule has 0 saturated carbocycles. The van der Waals surface area contributed by atoms with Crippen molar-refractivity contribution >= 4 is 11.7 Å². The third kappa shape index (κ3) is 2.77. The van der Waals surface area contributed by atoms with Gasteiger partial charge in [-0.1, -0.05) is 5.92 Å². The van der Waals surface area contributed by atoms with Gasteiger partial charge in [-0.05, 0) is 12.1 Å². The first-order valence-electron chi connectivity index (χ1n) is 3.74. The summed E-state index contributed by atoms with van der Waals surface area (Å²) < 4.78 is 0. The van der Waals surface area contributed by atoms with Crippen molar-refractivity contribution in [3.05, 3.63) is 24.0 Å². The molecule has 0 unspecified atom stereocenters. The van der Waals surface area contributed by atoms with E-state index in [1.165, 1.54) is 18.3 Å². The van der Waals surface area contributed by atoms with Gasteiger partial charge in [0.2, 0.25) is 0 Å². The molecule has 0 amide bonds. The summed E-state index contributed by atoms with van der Waals surface area (Å²) in [5.74, 6) is 1.20. The van der Waals surface area contributed by atoms with Crippen molar-refractivity contribution in [2.24, 2.45) is 0 Å². The van der Waals surface area contributed by atoms with Gasteiger partial charge in [0.25, 0.3) is 0 Å². The molecule has 0 aliphatic rings. The predicted octanol–water partition coefficient (Wildman–Crippen LogP) is 0.756. The van der Waals surface area contributed by atoms with Crippen LogP contribution in [0.1, 0.15) is 10.5 Å². The van der Waals surface area contributed by atoms with E-state index in [2.05, 4.69) is 16.4 Å². The monoisotopic (exact) mass is 192 g/mol. The van der Waals surface area contributed by atoms with Crippen LogP contribution in [0.3, 0.4) is 0 Å². The van der Waals surface area contributed by atoms with Gasteiger partial charge in [0.05, 0.1) is 11.9 Å². The van der Waals surface area contributed by atoms with Crippen LogP contribution >= 0.6 is 0 Å². The Kier molecular flexibility index (Phi) is 3.47. The minimum atomic E-state index is -1.07. The largest absolute Gasteiger partial charge is 0.477 e. The van der Waals surface area contributed by atoms with Gasteiger partial charge in [-0.15, -0.1) is 6.42 Å². The lowest BCUT2D eigenvalue weighted by atomic mass is 10.3. The SMILES string of the molecule is C#CCONc1ccc(C(=O)O)nc1. The number of hydrogen-bond donors (Lipinski definition) is 2. The number of rotatable bonds is 4. The van der Waals surface area contributed by atoms with Crippen molar-refractivity contribution in [3.8, 4) is 12.3 Å². The highest BCUT2D eigenvalue weighted by atomic mass is 16.6. The molecule has 0 saturated heterocycles. The smallest absolute Gasteiger partial charge is 0.354 e. The zero-order chi connectivity index (χ0) is 10.4. The minimum absolute atomic E-state index is 0.0208. The number of terminal acetylenes is 1. The Morgan fingerprint density at radius 1 is 1.71 bits per heavy atom. The summed E-state index contributed by atoms with van der Waals surface area (Å²) in [4.78, 5) is 18.9. The lowest BCUT2D eigenvalue weighted by Gasteiger charge is -2.03. The number of aromatic carboxylic acids is 1. The van der Waals surface area contributed by atoms with Crippen LogP contribution in [-0.2, 0) is 4.84 Å². The molecule has 1 aromatic heterocycles. The van der Waals surface area contributed by atoms with Crippen LogP contribution in [0.4, 0.5) is 5.69 Å². The van der Waals surface area contributed by atoms with Crippen LogP contribution < -0.4 is 5.48 Å². The molecule has 0 spiro atoms. The highest BCUT2D eigenvalue weighted by Crippen LogP contribution is 2.05. The van der Waals surface area contributed by atoms with Crippen molar-refractivity contribution in [1.82, 2.24) is 4.98 Å². The molecule has 0 aliphatic carbocycles. The number of nitrogens with zero attached hydrogens (tertiary/aromatic N) is 1. The summed E-state index contributed by atoms with van der Waals surface area (Å²) in [6.45, 7) is 0.126. The third-order valence-electron chi connectivity index (χ3n) is 1.33. The molecule has 72 valence electrons. The number of anilines is 1. The molecule has 0 aromatic carbocycles. The first-order valence-corrected chi connectivity index (χ1v) is 3.74. The lowest BCUT2D eigenvalue weighted by Crippen LogP contribution is -2.04. The lowest BCUT2D eigenvalue weighted by molar-refractivity contribution is 0.0690. The van der Waals surface area contributed by atoms with Crippen molar-refractivity contribution in [2.75, 3.05) is 12.1 Å². The fourth-order valence-electron chi connectivity index (χ4n) is 0.742. The molecular weight excluding hydrogens is 184 g/mol. The van der Waals surface area contributed by atoms with Gasteiger partial charge in [-0.3, -0.25) is 10.3 Å². The summed E-state index contributed by atoms with van der Waals surface area (Å²) in [7, 11) is 0. The number of aromatic nitrogens is 1. The van der Waals surface area contributed by atoms with Crippen LogP contribution in [0.25, 0.3) is 0 Å². The second kappa shape index (κ2) is 4.84. The standard InChI is InChI=1S/C9H8N2O3/c1-2-5-14-11-7-3-4-8(9(12)13)10-6-7/h1,3-4,6,11H,5H2,(H,12,13). The Balaban J connectivity index is 2.56. The molecule has 0 bridgehead atoms. The summed E-state index contributed by atoms with van der Waals surface area (Å²) in [6, 6.07) is 2.90. The zero-order valence-electron chi connectivity index (χ0n) is 7.23. The Morgan fingerprint density at radius 2 is 2.50 bits per heavy atom. The summed E-state index contributed by atoms with van der Waals surface area (Å²) in [6.07, 6.45) is 6.30. The van der Waals surface area contributed by atoms with Crippen molar-refractivity contribution in [3.63, 3.8) is 0 Å². The van der Waals surface area contributed by atoms with Gasteiger partial charge < -0.3 is 5.11 Å². The van der Waals surface area contributed by atoms with Crippen molar-refractivity contribution in [2.45, 2.75) is 0 Å². The molecule has 14 heavy (non-hydrogen) atoms. The highest BCUT2D eigenvalue weighted by Gasteiger charge is 2.02. The second-order valence-corrected chi connectivity index (χ2v) is 2.33. The second-order valence-electron chi connectivity index (χ2n) is 2.33. The summed E-state index contributed by atoms with van der Waals surface area (Å²) in [5.41, 5.74) is 3.04. The van der Waals surface area contributed by atoms with Gasteiger partial charge >= 0.3 is 5.97 Å². The van der Waals surface area contributed by atoms with Gasteiger partial charge in [0.15, 0.2) is 0 Å². The third-order valence-corrected chi connectivity index (χ3v) is 1.33. The molecule has 0 atom stereocenters. The maximum atomic E-state index is 10.4. The van der Waals surface area contributed by atoms with Crippen molar-refractivity contribution < 1.29 is 14.7 Å². The highest BCUT2D eigenvalue weighted by molar-refractivity contribution is 5.85. The quantitative estimate of drug-likeness (QED) is 0.418. The fourth-order valence-corrected chi connectivity index (χ4v) is 0.742. The maximum Gasteiger partial charge on any atom is 0.354 e. The van der Waals surface area contributed by atoms with Crippen LogP contribution in [0.15, 0.2) is 18.3 Å². The Labute approximate surface area is 80.7 Å². The Hall–Kier alpha value is -2.06. The van der Waals surface area contributed by atoms with E-state index in [0.29, 0.717) is 5.69 Å². The molecule has 1 heterocycles. The maximum absolute atomic E-state index is 10.4. The molecule has 5 nitrogen and oxygen atoms in total. The molecule has 0 radical (unpaired) electrons. The van der Waals surface area contributed by atoms with E-state index in [-0.39, 0.29) is 12.3 Å². The van der Waals surface area contributed by atoms with Crippen molar-refractivity contribution in [1.29, 1.82) is 0 Å². The first-order chi connectivity index (χ1) is 6.74. The van der Waals surface area contributed by atoms with Crippen LogP contribution in [0.2, 0.25) is 0 Å². The predicted molar refractivity (Wildman–Crippen MR) is 49.6 cm³/mol. The minimum Gasteiger partial charge on any atom is -0.477 e. The van der Waals surface area contributed by atoms with Crippen LogP contribution in [0.5, 0.6) is 0 Å². The normalized spacial score (nSPS) is 9.07. The van der Waals surface area contributed by atoms with Gasteiger partial charge in [0, 0.05) is 0 Å². The van der Waals surface area contributed by atoms with E-state index < -0.39 is 5.97 Å². The van der Waals surface area contributed by atoms with E-state index in [0.717, 1.165) is 0 Å². The molecule has 1 rings (SSSR count). The van der Waals surface area contributed by atoms with Gasteiger partial charge in [-0.2, -0.15) is 0 Å². The summed E-state index contributed by atoms with van der Waals surface area (Å²) >= 11 is 0. The molecular formula is C9H8N2O3. The fraction of sp³-hybridized carbons (Fsp3) is 0.111. The van der Waals surface area contributed by atoms with E-state index in [1.807, 2.05) is 0 Å². The average Bonchev–Trinajstić information content (AvgIpc) is 2.19. The Morgan fingerprint density at radius 3 is 3.00 bits per heavy atom. The first kappa shape index (κ1) is 10.0. The van der Waals surface area contributed by atoms with E-state index in [4.69, 9.17) is 16.4 Å². The molecule has 0 aliphatic heterocycles. The number of nitrogens with one attached hydrogen (secondary N) is 1. The molecule has 0 fully saturated rings. The number of hydrogen-bond acceptors (Lipinski definition) is 4. The number of pyridine rings is 1. The van der Waals surface area contributed by atoms with E-state index >= 15 is 0 Å².